The summed E-state index contributed by atoms with van der Waals surface area (Å²) < 4.78 is 11.1. The summed E-state index contributed by atoms with van der Waals surface area (Å²) in [5.41, 5.74) is 1.01. The molecule has 0 spiro atoms. The molecule has 0 aromatic heterocycles. The normalized spacial score (nSPS) is 15.6. The van der Waals surface area contributed by atoms with Gasteiger partial charge in [0.25, 0.3) is 5.91 Å². The van der Waals surface area contributed by atoms with E-state index in [4.69, 9.17) is 9.47 Å². The van der Waals surface area contributed by atoms with Crippen LogP contribution in [0.25, 0.3) is 0 Å². The summed E-state index contributed by atoms with van der Waals surface area (Å²) in [4.78, 5) is 11.6. The van der Waals surface area contributed by atoms with Crippen molar-refractivity contribution in [1.82, 2.24) is 10.6 Å². The monoisotopic (exact) mass is 278 g/mol. The second-order valence-corrected chi connectivity index (χ2v) is 4.98. The molecular formula is C15H22N2O3. The Morgan fingerprint density at radius 2 is 2.20 bits per heavy atom. The lowest BCUT2D eigenvalue weighted by molar-refractivity contribution is -0.126. The number of carbonyl (C=O) groups excluding carboxylic acids is 1. The molecule has 5 nitrogen and oxygen atoms in total. The predicted octanol–water partition coefficient (Wildman–Crippen LogP) is 1.46. The molecule has 1 saturated carbocycles. The van der Waals surface area contributed by atoms with E-state index in [1.165, 1.54) is 12.8 Å². The summed E-state index contributed by atoms with van der Waals surface area (Å²) >= 11 is 0. The Balaban J connectivity index is 2.15. The van der Waals surface area contributed by atoms with Crippen LogP contribution in [0.2, 0.25) is 0 Å². The number of benzene rings is 1. The summed E-state index contributed by atoms with van der Waals surface area (Å²) in [7, 11) is 3.20. The minimum Gasteiger partial charge on any atom is -0.493 e. The number of hydrogen-bond donors (Lipinski definition) is 2. The number of methoxy groups -OCH3 is 1. The van der Waals surface area contributed by atoms with E-state index in [2.05, 4.69) is 10.6 Å². The summed E-state index contributed by atoms with van der Waals surface area (Å²) in [6.07, 6.45) is 1.90. The van der Waals surface area contributed by atoms with Gasteiger partial charge in [0.05, 0.1) is 7.11 Å². The zero-order chi connectivity index (χ0) is 14.5. The molecule has 2 N–H and O–H groups in total. The first kappa shape index (κ1) is 14.7. The molecule has 1 aromatic rings. The second-order valence-electron chi connectivity index (χ2n) is 4.98. The highest BCUT2D eigenvalue weighted by Gasteiger charge is 2.22. The summed E-state index contributed by atoms with van der Waals surface area (Å²) in [5.74, 6) is 1.13. The van der Waals surface area contributed by atoms with Gasteiger partial charge in [-0.3, -0.25) is 4.79 Å². The molecular weight excluding hydrogens is 256 g/mol. The standard InChI is InChI=1S/C15H22N2O3/c1-10(15(18)16-2)20-14-11(9-17-12-7-8-12)5-4-6-13(14)19-3/h4-6,10,12,17H,7-9H2,1-3H3,(H,16,18). The van der Waals surface area contributed by atoms with Crippen molar-refractivity contribution in [1.29, 1.82) is 0 Å². The number of nitrogens with one attached hydrogen (secondary N) is 2. The fourth-order valence-corrected chi connectivity index (χ4v) is 1.97. The molecule has 5 heteroatoms. The van der Waals surface area contributed by atoms with Gasteiger partial charge in [0.15, 0.2) is 17.6 Å². The number of amides is 1. The van der Waals surface area contributed by atoms with Crippen LogP contribution in [0.4, 0.5) is 0 Å². The molecule has 1 aliphatic carbocycles. The number of rotatable bonds is 7. The largest absolute Gasteiger partial charge is 0.493 e. The van der Waals surface area contributed by atoms with Gasteiger partial charge in [0.2, 0.25) is 0 Å². The van der Waals surface area contributed by atoms with Crippen LogP contribution >= 0.6 is 0 Å². The first-order chi connectivity index (χ1) is 9.65. The van der Waals surface area contributed by atoms with E-state index >= 15 is 0 Å². The molecule has 110 valence electrons. The summed E-state index contributed by atoms with van der Waals surface area (Å²) in [6, 6.07) is 6.38. The van der Waals surface area contributed by atoms with Crippen LogP contribution in [0.15, 0.2) is 18.2 Å². The molecule has 0 saturated heterocycles. The molecule has 1 amide bonds. The van der Waals surface area contributed by atoms with Crippen molar-refractivity contribution in [3.8, 4) is 11.5 Å². The zero-order valence-electron chi connectivity index (χ0n) is 12.2. The van der Waals surface area contributed by atoms with E-state index in [-0.39, 0.29) is 5.91 Å². The van der Waals surface area contributed by atoms with Crippen molar-refractivity contribution < 1.29 is 14.3 Å². The highest BCUT2D eigenvalue weighted by molar-refractivity contribution is 5.80. The third-order valence-electron chi connectivity index (χ3n) is 3.35. The highest BCUT2D eigenvalue weighted by atomic mass is 16.5. The van der Waals surface area contributed by atoms with Gasteiger partial charge in [-0.15, -0.1) is 0 Å². The van der Waals surface area contributed by atoms with Crippen molar-refractivity contribution in [3.63, 3.8) is 0 Å². The van der Waals surface area contributed by atoms with E-state index in [9.17, 15) is 4.79 Å². The minimum atomic E-state index is -0.559. The SMILES string of the molecule is CNC(=O)C(C)Oc1c(CNC2CC2)cccc1OC. The lowest BCUT2D eigenvalue weighted by Gasteiger charge is -2.19. The Kier molecular flexibility index (Phi) is 4.84. The molecule has 20 heavy (non-hydrogen) atoms. The number of para-hydroxylation sites is 1. The quantitative estimate of drug-likeness (QED) is 0.793. The Labute approximate surface area is 119 Å². The smallest absolute Gasteiger partial charge is 0.260 e. The van der Waals surface area contributed by atoms with Gasteiger partial charge in [-0.1, -0.05) is 12.1 Å². The van der Waals surface area contributed by atoms with E-state index in [1.807, 2.05) is 18.2 Å². The molecule has 0 radical (unpaired) electrons. The molecule has 1 unspecified atom stereocenters. The number of carbonyl (C=O) groups is 1. The van der Waals surface area contributed by atoms with Crippen molar-refractivity contribution in [2.24, 2.45) is 0 Å². The number of likely N-dealkylation sites (N-methyl/N-ethyl adjacent to an activating group) is 1. The Bertz CT molecular complexity index is 472. The van der Waals surface area contributed by atoms with Crippen molar-refractivity contribution in [2.75, 3.05) is 14.2 Å². The predicted molar refractivity (Wildman–Crippen MR) is 77.0 cm³/mol. The molecule has 1 atom stereocenters. The van der Waals surface area contributed by atoms with Crippen molar-refractivity contribution in [2.45, 2.75) is 38.5 Å². The zero-order valence-corrected chi connectivity index (χ0v) is 12.2. The maximum atomic E-state index is 11.6. The Hall–Kier alpha value is -1.75. The van der Waals surface area contributed by atoms with Gasteiger partial charge in [-0.2, -0.15) is 0 Å². The van der Waals surface area contributed by atoms with Crippen LogP contribution in [0.5, 0.6) is 11.5 Å². The fourth-order valence-electron chi connectivity index (χ4n) is 1.97. The van der Waals surface area contributed by atoms with Crippen LogP contribution in [-0.2, 0) is 11.3 Å². The summed E-state index contributed by atoms with van der Waals surface area (Å²) in [5, 5.41) is 6.03. The maximum absolute atomic E-state index is 11.6. The molecule has 1 fully saturated rings. The van der Waals surface area contributed by atoms with Crippen molar-refractivity contribution >= 4 is 5.91 Å². The van der Waals surface area contributed by atoms with Gasteiger partial charge in [0.1, 0.15) is 0 Å². The first-order valence-corrected chi connectivity index (χ1v) is 6.93. The van der Waals surface area contributed by atoms with Crippen molar-refractivity contribution in [3.05, 3.63) is 23.8 Å². The van der Waals surface area contributed by atoms with Crippen LogP contribution in [0.1, 0.15) is 25.3 Å². The van der Waals surface area contributed by atoms with Crippen LogP contribution in [0, 0.1) is 0 Å². The fraction of sp³-hybridized carbons (Fsp3) is 0.533. The topological polar surface area (TPSA) is 59.6 Å². The first-order valence-electron chi connectivity index (χ1n) is 6.93. The van der Waals surface area contributed by atoms with Gasteiger partial charge >= 0.3 is 0 Å². The van der Waals surface area contributed by atoms with E-state index in [0.717, 1.165) is 12.1 Å². The van der Waals surface area contributed by atoms with Gasteiger partial charge in [0, 0.05) is 25.2 Å². The second kappa shape index (κ2) is 6.61. The molecule has 0 bridgehead atoms. The van der Waals surface area contributed by atoms with Gasteiger partial charge < -0.3 is 20.1 Å². The Morgan fingerprint density at radius 3 is 2.80 bits per heavy atom. The van der Waals surface area contributed by atoms with Crippen LogP contribution < -0.4 is 20.1 Å². The lowest BCUT2D eigenvalue weighted by atomic mass is 10.1. The summed E-state index contributed by atoms with van der Waals surface area (Å²) in [6.45, 7) is 2.45. The highest BCUT2D eigenvalue weighted by Crippen LogP contribution is 2.32. The van der Waals surface area contributed by atoms with E-state index in [1.54, 1.807) is 21.1 Å². The number of ether oxygens (including phenoxy) is 2. The van der Waals surface area contributed by atoms with E-state index in [0.29, 0.717) is 17.5 Å². The molecule has 1 aliphatic rings. The average molecular weight is 278 g/mol. The Morgan fingerprint density at radius 1 is 1.45 bits per heavy atom. The molecule has 0 heterocycles. The minimum absolute atomic E-state index is 0.156. The van der Waals surface area contributed by atoms with E-state index < -0.39 is 6.10 Å². The van der Waals surface area contributed by atoms with Gasteiger partial charge in [-0.25, -0.2) is 0 Å². The van der Waals surface area contributed by atoms with Gasteiger partial charge in [-0.05, 0) is 25.8 Å². The number of hydrogen-bond acceptors (Lipinski definition) is 4. The third kappa shape index (κ3) is 3.63. The molecule has 1 aromatic carbocycles. The molecule has 0 aliphatic heterocycles. The maximum Gasteiger partial charge on any atom is 0.260 e. The van der Waals surface area contributed by atoms with Crippen LogP contribution in [0.3, 0.4) is 0 Å². The average Bonchev–Trinajstić information content (AvgIpc) is 3.29. The molecule has 2 rings (SSSR count). The van der Waals surface area contributed by atoms with Crippen LogP contribution in [-0.4, -0.2) is 32.2 Å². The third-order valence-corrected chi connectivity index (χ3v) is 3.35. The lowest BCUT2D eigenvalue weighted by Crippen LogP contribution is -2.34.